The molecule has 0 aliphatic carbocycles. The predicted molar refractivity (Wildman–Crippen MR) is 167 cm³/mol. The molecule has 2 amide bonds. The van der Waals surface area contributed by atoms with Crippen molar-refractivity contribution in [2.24, 2.45) is 5.92 Å². The van der Waals surface area contributed by atoms with Gasteiger partial charge in [0.15, 0.2) is 5.78 Å². The zero-order chi connectivity index (χ0) is 29.7. The Balaban J connectivity index is 1.43. The van der Waals surface area contributed by atoms with Crippen LogP contribution in [0, 0.1) is 5.92 Å². The molecule has 6 nitrogen and oxygen atoms in total. The highest BCUT2D eigenvalue weighted by Gasteiger charge is 2.30. The van der Waals surface area contributed by atoms with Crippen LogP contribution in [0.5, 0.6) is 0 Å². The van der Waals surface area contributed by atoms with Gasteiger partial charge in [-0.1, -0.05) is 123 Å². The number of ketones is 1. The molecule has 0 heterocycles. The summed E-state index contributed by atoms with van der Waals surface area (Å²) in [5.74, 6) is -0.906. The van der Waals surface area contributed by atoms with Crippen LogP contribution < -0.4 is 10.6 Å². The summed E-state index contributed by atoms with van der Waals surface area (Å²) in [4.78, 5) is 40.2. The molecule has 0 aliphatic rings. The predicted octanol–water partition coefficient (Wildman–Crippen LogP) is 5.82. The Morgan fingerprint density at radius 2 is 1.40 bits per heavy atom. The van der Waals surface area contributed by atoms with Crippen LogP contribution in [0.4, 0.5) is 0 Å². The van der Waals surface area contributed by atoms with E-state index in [4.69, 9.17) is 4.74 Å². The van der Waals surface area contributed by atoms with Crippen LogP contribution in [0.15, 0.2) is 103 Å². The number of nitrogens with one attached hydrogen (secondary N) is 2. The van der Waals surface area contributed by atoms with E-state index < -0.39 is 12.1 Å². The molecular weight excluding hydrogens is 524 g/mol. The second kappa shape index (κ2) is 15.6. The van der Waals surface area contributed by atoms with Gasteiger partial charge in [-0.2, -0.15) is 0 Å². The van der Waals surface area contributed by atoms with Crippen LogP contribution in [0.1, 0.15) is 43.4 Å². The fourth-order valence-electron chi connectivity index (χ4n) is 5.02. The van der Waals surface area contributed by atoms with Crippen LogP contribution in [0.25, 0.3) is 10.8 Å². The first-order valence-corrected chi connectivity index (χ1v) is 14.7. The second-order valence-electron chi connectivity index (χ2n) is 10.8. The summed E-state index contributed by atoms with van der Waals surface area (Å²) in [6.45, 7) is 4.12. The van der Waals surface area contributed by atoms with Gasteiger partial charge in [0.1, 0.15) is 12.6 Å². The summed E-state index contributed by atoms with van der Waals surface area (Å²) in [5, 5.41) is 8.02. The first kappa shape index (κ1) is 30.7. The van der Waals surface area contributed by atoms with Crippen molar-refractivity contribution in [3.63, 3.8) is 0 Å². The normalized spacial score (nSPS) is 13.2. The minimum Gasteiger partial charge on any atom is -0.369 e. The lowest BCUT2D eigenvalue weighted by Gasteiger charge is -2.26. The van der Waals surface area contributed by atoms with E-state index >= 15 is 0 Å². The molecule has 0 fully saturated rings. The van der Waals surface area contributed by atoms with Gasteiger partial charge >= 0.3 is 0 Å². The summed E-state index contributed by atoms with van der Waals surface area (Å²) in [6, 6.07) is 31.9. The molecule has 42 heavy (non-hydrogen) atoms. The van der Waals surface area contributed by atoms with Crippen molar-refractivity contribution < 1.29 is 19.1 Å². The Labute approximate surface area is 248 Å². The van der Waals surface area contributed by atoms with Crippen LogP contribution in [-0.4, -0.2) is 36.3 Å². The number of hydrogen-bond acceptors (Lipinski definition) is 4. The first-order chi connectivity index (χ1) is 20.4. The molecule has 4 rings (SSSR count). The van der Waals surface area contributed by atoms with Crippen molar-refractivity contribution >= 4 is 28.4 Å². The second-order valence-corrected chi connectivity index (χ2v) is 10.8. The molecule has 0 radical (unpaired) electrons. The zero-order valence-electron chi connectivity index (χ0n) is 24.4. The highest BCUT2D eigenvalue weighted by atomic mass is 16.5. The standard InChI is InChI=1S/C36H40N2O4/c1-3-26(2)35(38-34(40)23-30-19-12-18-29-17-10-11-20-31(29)30)36(41)37-32(22-21-27-13-6-4-7-14-27)33(39)25-42-24-28-15-8-5-9-16-28/h4-20,26,32,35H,3,21-25H2,1-2H3,(H,37,41)(H,38,40)/t26?,32-,35-/m0/s1. The Hall–Kier alpha value is -4.29. The Bertz CT molecular complexity index is 1450. The maximum Gasteiger partial charge on any atom is 0.243 e. The fraction of sp³-hybridized carbons (Fsp3) is 0.306. The third kappa shape index (κ3) is 8.85. The molecule has 0 aliphatic heterocycles. The molecule has 3 atom stereocenters. The average molecular weight is 565 g/mol. The van der Waals surface area contributed by atoms with E-state index in [1.165, 1.54) is 0 Å². The van der Waals surface area contributed by atoms with Gasteiger partial charge in [-0.3, -0.25) is 14.4 Å². The Morgan fingerprint density at radius 1 is 0.762 bits per heavy atom. The number of carbonyl (C=O) groups excluding carboxylic acids is 3. The van der Waals surface area contributed by atoms with Crippen LogP contribution in [0.2, 0.25) is 0 Å². The number of aryl methyl sites for hydroxylation is 1. The molecule has 1 unspecified atom stereocenters. The molecule has 0 bridgehead atoms. The molecule has 0 saturated carbocycles. The number of hydrogen-bond donors (Lipinski definition) is 2. The molecule has 6 heteroatoms. The average Bonchev–Trinajstić information content (AvgIpc) is 3.02. The maximum atomic E-state index is 13.6. The van der Waals surface area contributed by atoms with Crippen LogP contribution in [0.3, 0.4) is 0 Å². The highest BCUT2D eigenvalue weighted by Crippen LogP contribution is 2.19. The summed E-state index contributed by atoms with van der Waals surface area (Å²) in [6.07, 6.45) is 1.90. The van der Waals surface area contributed by atoms with Crippen molar-refractivity contribution in [2.45, 2.75) is 58.2 Å². The number of ether oxygens (including phenoxy) is 1. The van der Waals surface area contributed by atoms with Gasteiger partial charge in [-0.05, 0) is 46.2 Å². The molecule has 4 aromatic carbocycles. The maximum absolute atomic E-state index is 13.6. The monoisotopic (exact) mass is 564 g/mol. The number of amides is 2. The van der Waals surface area contributed by atoms with Gasteiger partial charge in [-0.25, -0.2) is 0 Å². The van der Waals surface area contributed by atoms with Gasteiger partial charge in [-0.15, -0.1) is 0 Å². The van der Waals surface area contributed by atoms with Crippen molar-refractivity contribution in [1.82, 2.24) is 10.6 Å². The smallest absolute Gasteiger partial charge is 0.243 e. The molecule has 0 spiro atoms. The van der Waals surface area contributed by atoms with E-state index in [-0.39, 0.29) is 36.5 Å². The van der Waals surface area contributed by atoms with Gasteiger partial charge in [0.2, 0.25) is 11.8 Å². The van der Waals surface area contributed by atoms with Crippen LogP contribution >= 0.6 is 0 Å². The quantitative estimate of drug-likeness (QED) is 0.191. The van der Waals surface area contributed by atoms with Crippen LogP contribution in [-0.2, 0) is 38.6 Å². The zero-order valence-corrected chi connectivity index (χ0v) is 24.4. The van der Waals surface area contributed by atoms with Crippen molar-refractivity contribution in [3.05, 3.63) is 120 Å². The first-order valence-electron chi connectivity index (χ1n) is 14.7. The van der Waals surface area contributed by atoms with Crippen molar-refractivity contribution in [2.75, 3.05) is 6.61 Å². The van der Waals surface area contributed by atoms with E-state index in [2.05, 4.69) is 10.6 Å². The molecule has 0 saturated heterocycles. The van der Waals surface area contributed by atoms with Crippen molar-refractivity contribution in [1.29, 1.82) is 0 Å². The molecule has 0 aromatic heterocycles. The number of carbonyl (C=O) groups is 3. The number of rotatable bonds is 15. The minimum absolute atomic E-state index is 0.115. The number of fused-ring (bicyclic) bond motifs is 1. The summed E-state index contributed by atoms with van der Waals surface area (Å²) < 4.78 is 5.72. The number of benzene rings is 4. The summed E-state index contributed by atoms with van der Waals surface area (Å²) in [5.41, 5.74) is 2.96. The van der Waals surface area contributed by atoms with E-state index in [0.29, 0.717) is 25.9 Å². The SMILES string of the molecule is CCC(C)[C@H](NC(=O)Cc1cccc2ccccc12)C(=O)N[C@@H](CCc1ccccc1)C(=O)COCc1ccccc1. The van der Waals surface area contributed by atoms with E-state index in [9.17, 15) is 14.4 Å². The third-order valence-corrected chi connectivity index (χ3v) is 7.67. The largest absolute Gasteiger partial charge is 0.369 e. The lowest BCUT2D eigenvalue weighted by Crippen LogP contribution is -2.54. The van der Waals surface area contributed by atoms with E-state index in [1.807, 2.05) is 117 Å². The minimum atomic E-state index is -0.769. The number of Topliss-reactive ketones (excluding diaryl/α,β-unsaturated/α-hetero) is 1. The lowest BCUT2D eigenvalue weighted by molar-refractivity contribution is -0.134. The molecule has 4 aromatic rings. The van der Waals surface area contributed by atoms with Gasteiger partial charge in [0, 0.05) is 0 Å². The summed E-state index contributed by atoms with van der Waals surface area (Å²) in [7, 11) is 0. The lowest BCUT2D eigenvalue weighted by atomic mass is 9.96. The van der Waals surface area contributed by atoms with Crippen molar-refractivity contribution in [3.8, 4) is 0 Å². The highest BCUT2D eigenvalue weighted by molar-refractivity contribution is 5.95. The van der Waals surface area contributed by atoms with E-state index in [0.717, 1.165) is 27.5 Å². The molecule has 2 N–H and O–H groups in total. The Morgan fingerprint density at radius 3 is 2.12 bits per heavy atom. The Kier molecular flexibility index (Phi) is 11.4. The molecular formula is C36H40N2O4. The topological polar surface area (TPSA) is 84.5 Å². The third-order valence-electron chi connectivity index (χ3n) is 7.67. The van der Waals surface area contributed by atoms with Gasteiger partial charge in [0.25, 0.3) is 0 Å². The van der Waals surface area contributed by atoms with Gasteiger partial charge < -0.3 is 15.4 Å². The molecule has 218 valence electrons. The fourth-order valence-corrected chi connectivity index (χ4v) is 5.02. The van der Waals surface area contributed by atoms with E-state index in [1.54, 1.807) is 0 Å². The van der Waals surface area contributed by atoms with Gasteiger partial charge in [0.05, 0.1) is 19.1 Å². The summed E-state index contributed by atoms with van der Waals surface area (Å²) >= 11 is 0.